The van der Waals surface area contributed by atoms with Crippen LogP contribution in [0, 0.1) is 0 Å². The lowest BCUT2D eigenvalue weighted by Gasteiger charge is -2.20. The Morgan fingerprint density at radius 2 is 2.05 bits per heavy atom. The summed E-state index contributed by atoms with van der Waals surface area (Å²) in [6, 6.07) is 7.50. The Labute approximate surface area is 125 Å². The maximum absolute atomic E-state index is 12.2. The molecule has 0 atom stereocenters. The van der Waals surface area contributed by atoms with Crippen LogP contribution in [0.1, 0.15) is 29.9 Å². The minimum absolute atomic E-state index is 0.137. The number of aromatic nitrogens is 2. The minimum Gasteiger partial charge on any atom is -0.371 e. The molecule has 0 unspecified atom stereocenters. The Bertz CT molecular complexity index is 582. The van der Waals surface area contributed by atoms with Gasteiger partial charge in [0, 0.05) is 25.5 Å². The number of anilines is 1. The Morgan fingerprint density at radius 3 is 2.71 bits per heavy atom. The maximum atomic E-state index is 12.2. The van der Waals surface area contributed by atoms with Crippen molar-refractivity contribution >= 4 is 11.6 Å². The van der Waals surface area contributed by atoms with E-state index in [9.17, 15) is 4.79 Å². The van der Waals surface area contributed by atoms with Crippen LogP contribution in [0.15, 0.2) is 42.9 Å². The summed E-state index contributed by atoms with van der Waals surface area (Å²) in [6.07, 6.45) is 5.08. The number of nitrogens with one attached hydrogen (secondary N) is 1. The smallest absolute Gasteiger partial charge is 0.253 e. The summed E-state index contributed by atoms with van der Waals surface area (Å²) in [5.41, 5.74) is 2.36. The quantitative estimate of drug-likeness (QED) is 0.884. The van der Waals surface area contributed by atoms with Crippen molar-refractivity contribution in [3.8, 4) is 0 Å². The molecule has 0 saturated carbocycles. The second-order valence-electron chi connectivity index (χ2n) is 4.61. The average Bonchev–Trinajstić information content (AvgIpc) is 2.55. The number of carbonyl (C=O) groups is 1. The SMILES string of the molecule is CCN(CC)c1cncc(C(=O)NCc2ccccn2)c1. The van der Waals surface area contributed by atoms with Gasteiger partial charge in [-0.3, -0.25) is 14.8 Å². The molecule has 0 radical (unpaired) electrons. The standard InChI is InChI=1S/C16H20N4O/c1-3-20(4-2)15-9-13(10-17-12-15)16(21)19-11-14-7-5-6-8-18-14/h5-10,12H,3-4,11H2,1-2H3,(H,19,21). The Kier molecular flexibility index (Phi) is 5.26. The summed E-state index contributed by atoms with van der Waals surface area (Å²) in [6.45, 7) is 6.35. The van der Waals surface area contributed by atoms with E-state index in [-0.39, 0.29) is 5.91 Å². The van der Waals surface area contributed by atoms with Crippen molar-refractivity contribution in [1.29, 1.82) is 0 Å². The molecule has 1 N–H and O–H groups in total. The van der Waals surface area contributed by atoms with E-state index >= 15 is 0 Å². The van der Waals surface area contributed by atoms with Crippen molar-refractivity contribution in [2.24, 2.45) is 0 Å². The molecule has 2 aromatic rings. The monoisotopic (exact) mass is 284 g/mol. The van der Waals surface area contributed by atoms with Crippen LogP contribution in [-0.2, 0) is 6.54 Å². The Hall–Kier alpha value is -2.43. The van der Waals surface area contributed by atoms with E-state index in [0.29, 0.717) is 12.1 Å². The van der Waals surface area contributed by atoms with Crippen LogP contribution in [-0.4, -0.2) is 29.0 Å². The zero-order chi connectivity index (χ0) is 15.1. The highest BCUT2D eigenvalue weighted by Gasteiger charge is 2.09. The molecule has 0 aromatic carbocycles. The molecule has 21 heavy (non-hydrogen) atoms. The highest BCUT2D eigenvalue weighted by Crippen LogP contribution is 2.14. The molecule has 0 fully saturated rings. The van der Waals surface area contributed by atoms with Crippen molar-refractivity contribution in [1.82, 2.24) is 15.3 Å². The fourth-order valence-corrected chi connectivity index (χ4v) is 2.09. The largest absolute Gasteiger partial charge is 0.371 e. The number of rotatable bonds is 6. The first-order valence-electron chi connectivity index (χ1n) is 7.12. The molecule has 0 aliphatic carbocycles. The van der Waals surface area contributed by atoms with Gasteiger partial charge in [-0.15, -0.1) is 0 Å². The van der Waals surface area contributed by atoms with E-state index in [4.69, 9.17) is 0 Å². The van der Waals surface area contributed by atoms with Crippen molar-refractivity contribution < 1.29 is 4.79 Å². The van der Waals surface area contributed by atoms with Crippen molar-refractivity contribution in [3.05, 3.63) is 54.1 Å². The fourth-order valence-electron chi connectivity index (χ4n) is 2.09. The molecule has 110 valence electrons. The lowest BCUT2D eigenvalue weighted by molar-refractivity contribution is 0.0950. The summed E-state index contributed by atoms with van der Waals surface area (Å²) in [5.74, 6) is -0.137. The van der Waals surface area contributed by atoms with Gasteiger partial charge < -0.3 is 10.2 Å². The van der Waals surface area contributed by atoms with Crippen LogP contribution in [0.4, 0.5) is 5.69 Å². The van der Waals surface area contributed by atoms with Gasteiger partial charge in [0.2, 0.25) is 0 Å². The van der Waals surface area contributed by atoms with Crippen molar-refractivity contribution in [2.45, 2.75) is 20.4 Å². The number of hydrogen-bond donors (Lipinski definition) is 1. The molecule has 0 bridgehead atoms. The van der Waals surface area contributed by atoms with E-state index in [1.807, 2.05) is 24.3 Å². The molecule has 2 rings (SSSR count). The molecular formula is C16H20N4O. The summed E-state index contributed by atoms with van der Waals surface area (Å²) in [7, 11) is 0. The fraction of sp³-hybridized carbons (Fsp3) is 0.312. The van der Waals surface area contributed by atoms with Gasteiger partial charge in [-0.05, 0) is 32.0 Å². The third kappa shape index (κ3) is 4.02. The molecule has 0 saturated heterocycles. The zero-order valence-corrected chi connectivity index (χ0v) is 12.4. The van der Waals surface area contributed by atoms with Gasteiger partial charge in [-0.2, -0.15) is 0 Å². The second kappa shape index (κ2) is 7.38. The summed E-state index contributed by atoms with van der Waals surface area (Å²) in [5, 5.41) is 2.86. The van der Waals surface area contributed by atoms with Crippen LogP contribution in [0.2, 0.25) is 0 Å². The molecule has 0 spiro atoms. The van der Waals surface area contributed by atoms with Crippen LogP contribution in [0.3, 0.4) is 0 Å². The van der Waals surface area contributed by atoms with Gasteiger partial charge in [-0.25, -0.2) is 0 Å². The third-order valence-electron chi connectivity index (χ3n) is 3.27. The summed E-state index contributed by atoms with van der Waals surface area (Å²) >= 11 is 0. The lowest BCUT2D eigenvalue weighted by atomic mass is 10.2. The summed E-state index contributed by atoms with van der Waals surface area (Å²) in [4.78, 5) is 22.7. The minimum atomic E-state index is -0.137. The average molecular weight is 284 g/mol. The van der Waals surface area contributed by atoms with E-state index in [0.717, 1.165) is 24.5 Å². The van der Waals surface area contributed by atoms with Gasteiger partial charge in [-0.1, -0.05) is 6.07 Å². The van der Waals surface area contributed by atoms with Crippen LogP contribution in [0.5, 0.6) is 0 Å². The van der Waals surface area contributed by atoms with Crippen molar-refractivity contribution in [2.75, 3.05) is 18.0 Å². The molecule has 2 heterocycles. The van der Waals surface area contributed by atoms with Crippen LogP contribution in [0.25, 0.3) is 0 Å². The molecule has 5 nitrogen and oxygen atoms in total. The molecule has 2 aromatic heterocycles. The van der Waals surface area contributed by atoms with Gasteiger partial charge in [0.15, 0.2) is 0 Å². The first-order valence-corrected chi connectivity index (χ1v) is 7.12. The van der Waals surface area contributed by atoms with Crippen molar-refractivity contribution in [3.63, 3.8) is 0 Å². The van der Waals surface area contributed by atoms with E-state index in [1.165, 1.54) is 0 Å². The van der Waals surface area contributed by atoms with Gasteiger partial charge in [0.05, 0.1) is 29.7 Å². The Balaban J connectivity index is 2.04. The van der Waals surface area contributed by atoms with E-state index in [1.54, 1.807) is 18.6 Å². The van der Waals surface area contributed by atoms with Gasteiger partial charge in [0.25, 0.3) is 5.91 Å². The molecule has 0 aliphatic rings. The Morgan fingerprint density at radius 1 is 1.24 bits per heavy atom. The highest BCUT2D eigenvalue weighted by atomic mass is 16.1. The first kappa shape index (κ1) is 15.0. The predicted octanol–water partition coefficient (Wildman–Crippen LogP) is 2.25. The molecular weight excluding hydrogens is 264 g/mol. The number of nitrogens with zero attached hydrogens (tertiary/aromatic N) is 3. The zero-order valence-electron chi connectivity index (χ0n) is 12.4. The normalized spacial score (nSPS) is 10.2. The lowest BCUT2D eigenvalue weighted by Crippen LogP contribution is -2.25. The maximum Gasteiger partial charge on any atom is 0.253 e. The van der Waals surface area contributed by atoms with E-state index in [2.05, 4.69) is 34.0 Å². The highest BCUT2D eigenvalue weighted by molar-refractivity contribution is 5.94. The first-order chi connectivity index (χ1) is 10.2. The number of amides is 1. The number of hydrogen-bond acceptors (Lipinski definition) is 4. The van der Waals surface area contributed by atoms with Crippen LogP contribution < -0.4 is 10.2 Å². The third-order valence-corrected chi connectivity index (χ3v) is 3.27. The predicted molar refractivity (Wildman–Crippen MR) is 83.2 cm³/mol. The molecule has 5 heteroatoms. The number of carbonyl (C=O) groups excluding carboxylic acids is 1. The summed E-state index contributed by atoms with van der Waals surface area (Å²) < 4.78 is 0. The van der Waals surface area contributed by atoms with Crippen LogP contribution >= 0.6 is 0 Å². The molecule has 0 aliphatic heterocycles. The van der Waals surface area contributed by atoms with E-state index < -0.39 is 0 Å². The number of pyridine rings is 2. The van der Waals surface area contributed by atoms with Gasteiger partial charge in [0.1, 0.15) is 0 Å². The second-order valence-corrected chi connectivity index (χ2v) is 4.61. The van der Waals surface area contributed by atoms with Gasteiger partial charge >= 0.3 is 0 Å². The molecule has 1 amide bonds. The topological polar surface area (TPSA) is 58.1 Å².